The largest absolute Gasteiger partial charge is 0.398 e. The van der Waals surface area contributed by atoms with Crippen LogP contribution in [0.4, 0.5) is 11.5 Å². The Morgan fingerprint density at radius 3 is 2.82 bits per heavy atom. The Hall–Kier alpha value is -2.30. The highest BCUT2D eigenvalue weighted by Crippen LogP contribution is 2.15. The molecule has 2 aromatic rings. The molecule has 5 nitrogen and oxygen atoms in total. The van der Waals surface area contributed by atoms with Crippen LogP contribution in [0.2, 0.25) is 0 Å². The molecule has 5 heteroatoms. The summed E-state index contributed by atoms with van der Waals surface area (Å²) in [4.78, 5) is 12.0. The van der Waals surface area contributed by atoms with Gasteiger partial charge in [0.05, 0.1) is 5.56 Å². The third kappa shape index (κ3) is 2.44. The van der Waals surface area contributed by atoms with Gasteiger partial charge < -0.3 is 11.1 Å². The quantitative estimate of drug-likeness (QED) is 0.769. The lowest BCUT2D eigenvalue weighted by Crippen LogP contribution is -2.14. The molecule has 0 aliphatic heterocycles. The standard InChI is InChI=1S/C12H14N4O/c1-8-3-4-10(13)9(7-8)12(17)14-11-5-6-16(2)15-11/h3-7H,13H2,1-2H3,(H,14,15,17). The number of benzene rings is 1. The fraction of sp³-hybridized carbons (Fsp3) is 0.167. The van der Waals surface area contributed by atoms with Crippen molar-refractivity contribution in [1.82, 2.24) is 9.78 Å². The molecule has 0 aliphatic carbocycles. The van der Waals surface area contributed by atoms with Crippen LogP contribution < -0.4 is 11.1 Å². The molecule has 17 heavy (non-hydrogen) atoms. The number of nitrogens with one attached hydrogen (secondary N) is 1. The molecule has 0 aliphatic rings. The van der Waals surface area contributed by atoms with E-state index in [1.165, 1.54) is 0 Å². The summed E-state index contributed by atoms with van der Waals surface area (Å²) in [5.41, 5.74) is 7.68. The highest BCUT2D eigenvalue weighted by atomic mass is 16.1. The Balaban J connectivity index is 2.22. The van der Waals surface area contributed by atoms with Crippen molar-refractivity contribution >= 4 is 17.4 Å². The maximum atomic E-state index is 12.0. The first-order valence-corrected chi connectivity index (χ1v) is 5.23. The first-order valence-electron chi connectivity index (χ1n) is 5.23. The average molecular weight is 230 g/mol. The van der Waals surface area contributed by atoms with Gasteiger partial charge in [-0.1, -0.05) is 11.6 Å². The summed E-state index contributed by atoms with van der Waals surface area (Å²) in [5.74, 6) is 0.267. The number of nitrogens with two attached hydrogens (primary N) is 1. The molecule has 0 saturated carbocycles. The Morgan fingerprint density at radius 1 is 1.41 bits per heavy atom. The summed E-state index contributed by atoms with van der Waals surface area (Å²) in [5, 5.41) is 6.77. The molecule has 1 heterocycles. The Labute approximate surface area is 99.2 Å². The fourth-order valence-corrected chi connectivity index (χ4v) is 1.53. The average Bonchev–Trinajstić information content (AvgIpc) is 2.67. The van der Waals surface area contributed by atoms with Crippen molar-refractivity contribution in [3.8, 4) is 0 Å². The number of nitrogens with zero attached hydrogens (tertiary/aromatic N) is 2. The predicted octanol–water partition coefficient (Wildman–Crippen LogP) is 1.56. The maximum Gasteiger partial charge on any atom is 0.258 e. The highest BCUT2D eigenvalue weighted by molar-refractivity contribution is 6.07. The van der Waals surface area contributed by atoms with Crippen LogP contribution in [0.25, 0.3) is 0 Å². The zero-order chi connectivity index (χ0) is 12.4. The van der Waals surface area contributed by atoms with Crippen LogP contribution in [-0.4, -0.2) is 15.7 Å². The topological polar surface area (TPSA) is 72.9 Å². The molecule has 0 bridgehead atoms. The van der Waals surface area contributed by atoms with E-state index in [9.17, 15) is 4.79 Å². The molecule has 2 rings (SSSR count). The van der Waals surface area contributed by atoms with Gasteiger partial charge in [-0.05, 0) is 19.1 Å². The number of carbonyl (C=O) groups excluding carboxylic acids is 1. The third-order valence-corrected chi connectivity index (χ3v) is 2.41. The second kappa shape index (κ2) is 4.29. The summed E-state index contributed by atoms with van der Waals surface area (Å²) in [6.07, 6.45) is 1.76. The van der Waals surface area contributed by atoms with Crippen LogP contribution in [0.15, 0.2) is 30.5 Å². The van der Waals surface area contributed by atoms with Gasteiger partial charge in [0.1, 0.15) is 0 Å². The van der Waals surface area contributed by atoms with E-state index in [1.54, 1.807) is 36.1 Å². The van der Waals surface area contributed by atoms with Crippen LogP contribution in [0.5, 0.6) is 0 Å². The second-order valence-corrected chi connectivity index (χ2v) is 3.92. The van der Waals surface area contributed by atoms with Crippen molar-refractivity contribution < 1.29 is 4.79 Å². The smallest absolute Gasteiger partial charge is 0.258 e. The van der Waals surface area contributed by atoms with Crippen LogP contribution in [0.1, 0.15) is 15.9 Å². The number of nitrogen functional groups attached to an aromatic ring is 1. The number of amides is 1. The molecule has 0 unspecified atom stereocenters. The molecule has 0 atom stereocenters. The van der Waals surface area contributed by atoms with E-state index in [-0.39, 0.29) is 5.91 Å². The van der Waals surface area contributed by atoms with Crippen LogP contribution >= 0.6 is 0 Å². The van der Waals surface area contributed by atoms with Crippen molar-refractivity contribution in [2.24, 2.45) is 7.05 Å². The van der Waals surface area contributed by atoms with E-state index in [4.69, 9.17) is 5.73 Å². The Morgan fingerprint density at radius 2 is 2.18 bits per heavy atom. The number of anilines is 2. The number of carbonyl (C=O) groups is 1. The molecule has 3 N–H and O–H groups in total. The minimum Gasteiger partial charge on any atom is -0.398 e. The second-order valence-electron chi connectivity index (χ2n) is 3.92. The molecule has 0 fully saturated rings. The van der Waals surface area contributed by atoms with E-state index >= 15 is 0 Å². The minimum absolute atomic E-state index is 0.245. The van der Waals surface area contributed by atoms with E-state index in [0.29, 0.717) is 17.1 Å². The van der Waals surface area contributed by atoms with Crippen molar-refractivity contribution in [2.45, 2.75) is 6.92 Å². The first kappa shape index (κ1) is 11.2. The Kier molecular flexibility index (Phi) is 2.82. The number of aromatic nitrogens is 2. The van der Waals surface area contributed by atoms with Crippen molar-refractivity contribution in [3.05, 3.63) is 41.6 Å². The van der Waals surface area contributed by atoms with Gasteiger partial charge in [-0.25, -0.2) is 0 Å². The summed E-state index contributed by atoms with van der Waals surface area (Å²) >= 11 is 0. The van der Waals surface area contributed by atoms with E-state index in [0.717, 1.165) is 5.56 Å². The van der Waals surface area contributed by atoms with Crippen molar-refractivity contribution in [2.75, 3.05) is 11.1 Å². The number of hydrogen-bond acceptors (Lipinski definition) is 3. The third-order valence-electron chi connectivity index (χ3n) is 2.41. The molecule has 0 spiro atoms. The van der Waals surface area contributed by atoms with Gasteiger partial charge in [-0.2, -0.15) is 5.10 Å². The normalized spacial score (nSPS) is 10.2. The molecule has 0 saturated heterocycles. The van der Waals surface area contributed by atoms with Gasteiger partial charge in [0.15, 0.2) is 5.82 Å². The predicted molar refractivity (Wildman–Crippen MR) is 66.8 cm³/mol. The molecule has 1 amide bonds. The van der Waals surface area contributed by atoms with Crippen LogP contribution in [0.3, 0.4) is 0 Å². The molecule has 1 aromatic carbocycles. The summed E-state index contributed by atoms with van der Waals surface area (Å²) in [6, 6.07) is 7.08. The minimum atomic E-state index is -0.245. The maximum absolute atomic E-state index is 12.0. The Bertz CT molecular complexity index is 559. The zero-order valence-corrected chi connectivity index (χ0v) is 9.77. The monoisotopic (exact) mass is 230 g/mol. The summed E-state index contributed by atoms with van der Waals surface area (Å²) in [6.45, 7) is 1.91. The lowest BCUT2D eigenvalue weighted by molar-refractivity contribution is 0.102. The lowest BCUT2D eigenvalue weighted by atomic mass is 10.1. The summed E-state index contributed by atoms with van der Waals surface area (Å²) in [7, 11) is 1.79. The van der Waals surface area contributed by atoms with E-state index in [2.05, 4.69) is 10.4 Å². The molecule has 88 valence electrons. The number of rotatable bonds is 2. The fourth-order valence-electron chi connectivity index (χ4n) is 1.53. The van der Waals surface area contributed by atoms with E-state index < -0.39 is 0 Å². The van der Waals surface area contributed by atoms with Gasteiger partial charge in [-0.3, -0.25) is 9.48 Å². The van der Waals surface area contributed by atoms with E-state index in [1.807, 2.05) is 13.0 Å². The molecule has 1 aromatic heterocycles. The molecule has 0 radical (unpaired) electrons. The van der Waals surface area contributed by atoms with Crippen LogP contribution in [-0.2, 0) is 7.05 Å². The van der Waals surface area contributed by atoms with Crippen LogP contribution in [0, 0.1) is 6.92 Å². The SMILES string of the molecule is Cc1ccc(N)c(C(=O)Nc2ccn(C)n2)c1. The van der Waals surface area contributed by atoms with Gasteiger partial charge in [0, 0.05) is 25.0 Å². The van der Waals surface area contributed by atoms with Gasteiger partial charge in [0.2, 0.25) is 0 Å². The first-order chi connectivity index (χ1) is 8.06. The van der Waals surface area contributed by atoms with Crippen molar-refractivity contribution in [3.63, 3.8) is 0 Å². The summed E-state index contributed by atoms with van der Waals surface area (Å²) < 4.78 is 1.62. The molecular formula is C12H14N4O. The lowest BCUT2D eigenvalue weighted by Gasteiger charge is -2.06. The zero-order valence-electron chi connectivity index (χ0n) is 9.77. The molecular weight excluding hydrogens is 216 g/mol. The highest BCUT2D eigenvalue weighted by Gasteiger charge is 2.11. The number of aryl methyl sites for hydroxylation is 2. The van der Waals surface area contributed by atoms with Gasteiger partial charge >= 0.3 is 0 Å². The van der Waals surface area contributed by atoms with Gasteiger partial charge in [0.25, 0.3) is 5.91 Å². The van der Waals surface area contributed by atoms with Crippen molar-refractivity contribution in [1.29, 1.82) is 0 Å². The van der Waals surface area contributed by atoms with Gasteiger partial charge in [-0.15, -0.1) is 0 Å². The number of hydrogen-bond donors (Lipinski definition) is 2.